The predicted octanol–water partition coefficient (Wildman–Crippen LogP) is 0.663. The summed E-state index contributed by atoms with van der Waals surface area (Å²) in [5, 5.41) is 15.0. The number of carbonyl (C=O) groups is 2. The smallest absolute Gasteiger partial charge is 0.280 e. The van der Waals surface area contributed by atoms with Gasteiger partial charge >= 0.3 is 0 Å². The third-order valence-electron chi connectivity index (χ3n) is 7.10. The molecule has 0 amide bonds. The summed E-state index contributed by atoms with van der Waals surface area (Å²) in [6, 6.07) is 0. The van der Waals surface area contributed by atoms with Crippen LogP contribution < -0.4 is 32.4 Å². The number of nitrogens with zero attached hydrogens (tertiary/aromatic N) is 5. The first-order chi connectivity index (χ1) is 22.1. The van der Waals surface area contributed by atoms with Gasteiger partial charge in [-0.2, -0.15) is 15.0 Å². The topological polar surface area (TPSA) is 264 Å². The van der Waals surface area contributed by atoms with Crippen molar-refractivity contribution in [3.05, 3.63) is 10.4 Å². The van der Waals surface area contributed by atoms with Crippen molar-refractivity contribution in [1.82, 2.24) is 19.9 Å². The molecule has 2 atom stereocenters. The minimum Gasteiger partial charge on any atom is -0.473 e. The van der Waals surface area contributed by atoms with Crippen molar-refractivity contribution in [3.8, 4) is 5.88 Å². The van der Waals surface area contributed by atoms with Crippen molar-refractivity contribution in [3.63, 3.8) is 0 Å². The Hall–Kier alpha value is -4.52. The van der Waals surface area contributed by atoms with Gasteiger partial charge < -0.3 is 46.2 Å². The molecule has 46 heavy (non-hydrogen) atoms. The molecule has 18 nitrogen and oxygen atoms in total. The van der Waals surface area contributed by atoms with Gasteiger partial charge in [0.15, 0.2) is 23.0 Å². The monoisotopic (exact) mass is 644 g/mol. The number of nitrogens with one attached hydrogen (secondary N) is 3. The summed E-state index contributed by atoms with van der Waals surface area (Å²) in [6.45, 7) is 4.20. The normalized spacial score (nSPS) is 17.0. The molecule has 250 valence electrons. The van der Waals surface area contributed by atoms with Crippen LogP contribution in [0.15, 0.2) is 14.8 Å². The van der Waals surface area contributed by atoms with E-state index in [1.807, 2.05) is 0 Å². The minimum atomic E-state index is -1.15. The number of rotatable bonds is 12. The van der Waals surface area contributed by atoms with E-state index in [0.29, 0.717) is 36.3 Å². The highest BCUT2D eigenvalue weighted by Crippen LogP contribution is 2.37. The average molecular weight is 645 g/mol. The number of aliphatic hydroxyl groups is 1. The van der Waals surface area contributed by atoms with Gasteiger partial charge in [0.2, 0.25) is 29.3 Å². The van der Waals surface area contributed by atoms with E-state index in [4.69, 9.17) is 35.5 Å². The molecule has 2 aliphatic heterocycles. The lowest BCUT2D eigenvalue weighted by Crippen LogP contribution is -2.35. The largest absolute Gasteiger partial charge is 0.473 e. The first-order valence-electron chi connectivity index (χ1n) is 14.9. The molecule has 0 radical (unpaired) electrons. The van der Waals surface area contributed by atoms with Crippen LogP contribution in [0.3, 0.4) is 0 Å². The van der Waals surface area contributed by atoms with E-state index in [1.165, 1.54) is 13.3 Å². The lowest BCUT2D eigenvalue weighted by molar-refractivity contribution is -0.135. The van der Waals surface area contributed by atoms with Crippen molar-refractivity contribution in [2.24, 2.45) is 9.98 Å². The fraction of sp³-hybridized carbons (Fsp3) is 0.571. The summed E-state index contributed by atoms with van der Waals surface area (Å²) in [6.07, 6.45) is 3.63. The number of ketones is 2. The van der Waals surface area contributed by atoms with Gasteiger partial charge in [0.25, 0.3) is 5.56 Å². The van der Waals surface area contributed by atoms with Crippen LogP contribution in [0.1, 0.15) is 46.0 Å². The maximum absolute atomic E-state index is 12.7. The highest BCUT2D eigenvalue weighted by molar-refractivity contribution is 6.44. The second-order valence-electron chi connectivity index (χ2n) is 10.7. The number of anilines is 4. The highest BCUT2D eigenvalue weighted by atomic mass is 16.7. The molecule has 1 fully saturated rings. The molecule has 3 aliphatic rings. The first-order valence-corrected chi connectivity index (χ1v) is 14.9. The second kappa shape index (κ2) is 16.2. The third kappa shape index (κ3) is 9.03. The Bertz CT molecular complexity index is 1520. The zero-order chi connectivity index (χ0) is 33.2. The van der Waals surface area contributed by atoms with E-state index in [-0.39, 0.29) is 60.9 Å². The Morgan fingerprint density at radius 2 is 1.59 bits per heavy atom. The highest BCUT2D eigenvalue weighted by Gasteiger charge is 2.28. The molecular weight excluding hydrogens is 604 g/mol. The molecule has 0 spiro atoms. The van der Waals surface area contributed by atoms with Crippen LogP contribution in [0.2, 0.25) is 0 Å². The average Bonchev–Trinajstić information content (AvgIpc) is 3.04. The molecule has 4 heterocycles. The van der Waals surface area contributed by atoms with Gasteiger partial charge in [-0.1, -0.05) is 6.42 Å². The standard InChI is InChI=1S/C19H29N5O5.C9H11N5O3/c1-12(28-11-27-9-8-26-2)16(25)14-10-21-17-15(22-14)18(24-19(20)23-17)29-13-6-4-3-5-7-13;1-3(15)6(16)4-2-11-7-5(12-4)8(17)14-9(10)13-7/h12-13H,3-11H2,1-2H3,(H3,20,21,23,24);3,15H,2H2,1H3,(H4,10,11,13,14,17)/t12-;3-/m00/s1. The number of aliphatic imine (C=N–C) groups is 2. The quantitative estimate of drug-likeness (QED) is 0.137. The molecular formula is C28H40N10O8. The van der Waals surface area contributed by atoms with Gasteiger partial charge in [0.1, 0.15) is 36.5 Å². The Morgan fingerprint density at radius 1 is 0.935 bits per heavy atom. The van der Waals surface area contributed by atoms with Gasteiger partial charge in [0.05, 0.1) is 26.3 Å². The summed E-state index contributed by atoms with van der Waals surface area (Å²) < 4.78 is 21.7. The first kappa shape index (κ1) is 34.4. The second-order valence-corrected chi connectivity index (χ2v) is 10.7. The van der Waals surface area contributed by atoms with E-state index in [0.717, 1.165) is 25.7 Å². The van der Waals surface area contributed by atoms with Crippen LogP contribution in [0.25, 0.3) is 0 Å². The summed E-state index contributed by atoms with van der Waals surface area (Å²) in [7, 11) is 1.59. The summed E-state index contributed by atoms with van der Waals surface area (Å²) in [5.41, 5.74) is 11.5. The van der Waals surface area contributed by atoms with Crippen LogP contribution in [-0.4, -0.2) is 107 Å². The summed E-state index contributed by atoms with van der Waals surface area (Å²) >= 11 is 0. The molecule has 2 aromatic heterocycles. The number of H-pyrrole nitrogens is 1. The van der Waals surface area contributed by atoms with Crippen LogP contribution in [0.5, 0.6) is 5.88 Å². The van der Waals surface area contributed by atoms with Crippen molar-refractivity contribution >= 4 is 57.9 Å². The SMILES string of the molecule is COCCOCO[C@@H](C)C(=O)C1=Nc2c(nc(N)nc2OC2CCCCC2)NC1.C[C@H](O)C(=O)C1=Nc2c(nc(N)[nH]c2=O)NC1. The fourth-order valence-corrected chi connectivity index (χ4v) is 4.68. The molecule has 0 unspecified atom stereocenters. The predicted molar refractivity (Wildman–Crippen MR) is 169 cm³/mol. The number of nitrogens with two attached hydrogens (primary N) is 2. The molecule has 1 aliphatic carbocycles. The third-order valence-corrected chi connectivity index (χ3v) is 7.10. The number of hydrogen-bond acceptors (Lipinski definition) is 17. The zero-order valence-electron chi connectivity index (χ0n) is 26.0. The van der Waals surface area contributed by atoms with Crippen molar-refractivity contribution in [2.75, 3.05) is 62.3 Å². The molecule has 8 N–H and O–H groups in total. The number of ether oxygens (including phenoxy) is 4. The van der Waals surface area contributed by atoms with Gasteiger partial charge in [-0.15, -0.1) is 0 Å². The number of aromatic nitrogens is 4. The van der Waals surface area contributed by atoms with E-state index < -0.39 is 23.6 Å². The van der Waals surface area contributed by atoms with Gasteiger partial charge in [-0.3, -0.25) is 19.4 Å². The Kier molecular flexibility index (Phi) is 12.1. The van der Waals surface area contributed by atoms with Crippen LogP contribution in [0.4, 0.5) is 34.9 Å². The lowest BCUT2D eigenvalue weighted by atomic mass is 9.98. The van der Waals surface area contributed by atoms with Gasteiger partial charge in [0, 0.05) is 7.11 Å². The number of Topliss-reactive ketones (excluding diaryl/α,β-unsaturated/α-hetero) is 2. The maximum atomic E-state index is 12.7. The van der Waals surface area contributed by atoms with E-state index >= 15 is 0 Å². The van der Waals surface area contributed by atoms with E-state index in [1.54, 1.807) is 14.0 Å². The number of aromatic amines is 1. The molecule has 5 rings (SSSR count). The van der Waals surface area contributed by atoms with Crippen molar-refractivity contribution < 1.29 is 33.6 Å². The molecule has 0 bridgehead atoms. The summed E-state index contributed by atoms with van der Waals surface area (Å²) in [4.78, 5) is 58.6. The van der Waals surface area contributed by atoms with Crippen LogP contribution >= 0.6 is 0 Å². The maximum Gasteiger partial charge on any atom is 0.280 e. The van der Waals surface area contributed by atoms with Gasteiger partial charge in [-0.25, -0.2) is 9.98 Å². The number of aliphatic hydroxyl groups excluding tert-OH is 1. The van der Waals surface area contributed by atoms with Gasteiger partial charge in [-0.05, 0) is 39.5 Å². The zero-order valence-corrected chi connectivity index (χ0v) is 26.0. The molecule has 2 aromatic rings. The van der Waals surface area contributed by atoms with E-state index in [2.05, 4.69) is 40.6 Å². The van der Waals surface area contributed by atoms with Crippen LogP contribution in [-0.2, 0) is 23.8 Å². The molecule has 0 saturated heterocycles. The summed E-state index contributed by atoms with van der Waals surface area (Å²) in [5.74, 6) is 0.329. The van der Waals surface area contributed by atoms with Crippen molar-refractivity contribution in [1.29, 1.82) is 0 Å². The Labute approximate surface area is 264 Å². The Balaban J connectivity index is 0.000000240. The Morgan fingerprint density at radius 3 is 2.26 bits per heavy atom. The molecule has 18 heteroatoms. The number of carbonyl (C=O) groups excluding carboxylic acids is 2. The number of nitrogen functional groups attached to an aromatic ring is 2. The van der Waals surface area contributed by atoms with E-state index in [9.17, 15) is 14.4 Å². The molecule has 1 saturated carbocycles. The number of methoxy groups -OCH3 is 1. The number of hydrogen-bond donors (Lipinski definition) is 6. The number of fused-ring (bicyclic) bond motifs is 2. The van der Waals surface area contributed by atoms with Crippen molar-refractivity contribution in [2.45, 2.75) is 64.3 Å². The molecule has 0 aromatic carbocycles. The fourth-order valence-electron chi connectivity index (χ4n) is 4.68. The lowest BCUT2D eigenvalue weighted by Gasteiger charge is -2.25. The minimum absolute atomic E-state index is 0.00322. The van der Waals surface area contributed by atoms with Crippen LogP contribution in [0, 0.1) is 0 Å².